The molecule has 6 nitrogen and oxygen atoms in total. The van der Waals surface area contributed by atoms with Crippen molar-refractivity contribution in [1.29, 1.82) is 0 Å². The summed E-state index contributed by atoms with van der Waals surface area (Å²) in [7, 11) is 0. The number of carbonyl (C=O) groups is 2. The van der Waals surface area contributed by atoms with E-state index in [0.29, 0.717) is 32.7 Å². The first-order valence-corrected chi connectivity index (χ1v) is 9.87. The van der Waals surface area contributed by atoms with E-state index >= 15 is 0 Å². The van der Waals surface area contributed by atoms with Gasteiger partial charge in [0.25, 0.3) is 5.91 Å². The Balaban J connectivity index is 1.53. The van der Waals surface area contributed by atoms with E-state index in [9.17, 15) is 9.59 Å². The van der Waals surface area contributed by atoms with E-state index in [1.807, 2.05) is 53.4 Å². The molecular formula is C22H25N3O3. The summed E-state index contributed by atoms with van der Waals surface area (Å²) in [4.78, 5) is 34.2. The van der Waals surface area contributed by atoms with Gasteiger partial charge in [-0.2, -0.15) is 0 Å². The quantitative estimate of drug-likeness (QED) is 0.822. The Morgan fingerprint density at radius 2 is 1.89 bits per heavy atom. The van der Waals surface area contributed by atoms with Crippen LogP contribution in [0.5, 0.6) is 0 Å². The van der Waals surface area contributed by atoms with Crippen LogP contribution in [0.4, 0.5) is 5.69 Å². The maximum absolute atomic E-state index is 13.5. The fourth-order valence-corrected chi connectivity index (χ4v) is 4.04. The minimum Gasteiger partial charge on any atom is -0.361 e. The van der Waals surface area contributed by atoms with Gasteiger partial charge in [0.2, 0.25) is 5.91 Å². The summed E-state index contributed by atoms with van der Waals surface area (Å²) < 4.78 is 6.08. The summed E-state index contributed by atoms with van der Waals surface area (Å²) in [5, 5.41) is 0. The van der Waals surface area contributed by atoms with Gasteiger partial charge in [-0.15, -0.1) is 0 Å². The molecule has 1 atom stereocenters. The van der Waals surface area contributed by atoms with Gasteiger partial charge in [-0.25, -0.2) is 0 Å². The van der Waals surface area contributed by atoms with Crippen LogP contribution in [0.15, 0.2) is 54.7 Å². The summed E-state index contributed by atoms with van der Waals surface area (Å²) in [5.41, 5.74) is 0.671. The molecule has 6 heteroatoms. The molecule has 2 aliphatic heterocycles. The first kappa shape index (κ1) is 18.6. The second-order valence-corrected chi connectivity index (χ2v) is 7.41. The smallest absolute Gasteiger partial charge is 0.261 e. The maximum Gasteiger partial charge on any atom is 0.261 e. The molecule has 0 saturated carbocycles. The lowest BCUT2D eigenvalue weighted by Crippen LogP contribution is -2.61. The fraction of sp³-hybridized carbons (Fsp3) is 0.409. The van der Waals surface area contributed by atoms with Gasteiger partial charge in [0.1, 0.15) is 0 Å². The molecule has 3 heterocycles. The average Bonchev–Trinajstić information content (AvgIpc) is 2.89. The molecule has 2 amide bonds. The Bertz CT molecular complexity index is 827. The van der Waals surface area contributed by atoms with Crippen molar-refractivity contribution in [3.63, 3.8) is 0 Å². The summed E-state index contributed by atoms with van der Waals surface area (Å²) in [6.07, 6.45) is 4.40. The number of anilines is 1. The van der Waals surface area contributed by atoms with Gasteiger partial charge in [-0.3, -0.25) is 14.6 Å². The number of carbonyl (C=O) groups excluding carboxylic acids is 2. The lowest BCUT2D eigenvalue weighted by atomic mass is 9.93. The van der Waals surface area contributed by atoms with E-state index in [1.165, 1.54) is 0 Å². The molecule has 2 saturated heterocycles. The van der Waals surface area contributed by atoms with Crippen molar-refractivity contribution in [2.45, 2.75) is 31.3 Å². The largest absolute Gasteiger partial charge is 0.361 e. The van der Waals surface area contributed by atoms with E-state index in [2.05, 4.69) is 4.98 Å². The van der Waals surface area contributed by atoms with Gasteiger partial charge >= 0.3 is 0 Å². The highest BCUT2D eigenvalue weighted by Crippen LogP contribution is 2.32. The minimum absolute atomic E-state index is 0.00955. The molecule has 2 aromatic rings. The number of rotatable bonds is 3. The third-order valence-corrected chi connectivity index (χ3v) is 5.51. The van der Waals surface area contributed by atoms with Crippen LogP contribution in [0.1, 0.15) is 25.0 Å². The van der Waals surface area contributed by atoms with Crippen molar-refractivity contribution in [3.05, 3.63) is 60.4 Å². The number of hydrogen-bond acceptors (Lipinski definition) is 4. The van der Waals surface area contributed by atoms with Gasteiger partial charge in [-0.1, -0.05) is 24.3 Å². The van der Waals surface area contributed by atoms with Crippen molar-refractivity contribution in [1.82, 2.24) is 9.88 Å². The Morgan fingerprint density at radius 3 is 2.68 bits per heavy atom. The first-order chi connectivity index (χ1) is 13.7. The van der Waals surface area contributed by atoms with Crippen molar-refractivity contribution in [2.75, 3.05) is 31.1 Å². The second kappa shape index (κ2) is 8.10. The van der Waals surface area contributed by atoms with Crippen LogP contribution in [0.25, 0.3) is 0 Å². The molecule has 0 aliphatic carbocycles. The predicted octanol–water partition coefficient (Wildman–Crippen LogP) is 2.44. The molecule has 0 bridgehead atoms. The van der Waals surface area contributed by atoms with Crippen LogP contribution in [-0.4, -0.2) is 53.5 Å². The summed E-state index contributed by atoms with van der Waals surface area (Å²) >= 11 is 0. The van der Waals surface area contributed by atoms with Gasteiger partial charge in [0.15, 0.2) is 5.60 Å². The third-order valence-electron chi connectivity index (χ3n) is 5.51. The van der Waals surface area contributed by atoms with Gasteiger partial charge in [0.05, 0.1) is 19.6 Å². The monoisotopic (exact) mass is 379 g/mol. The first-order valence-electron chi connectivity index (χ1n) is 9.87. The highest BCUT2D eigenvalue weighted by Gasteiger charge is 2.48. The molecule has 2 fully saturated rings. The number of aromatic nitrogens is 1. The van der Waals surface area contributed by atoms with E-state index < -0.39 is 5.60 Å². The summed E-state index contributed by atoms with van der Waals surface area (Å²) in [5.74, 6) is -0.0452. The Hall–Kier alpha value is -2.73. The molecule has 0 radical (unpaired) electrons. The van der Waals surface area contributed by atoms with Gasteiger partial charge < -0.3 is 14.5 Å². The van der Waals surface area contributed by atoms with Crippen molar-refractivity contribution in [3.8, 4) is 0 Å². The van der Waals surface area contributed by atoms with Crippen molar-refractivity contribution < 1.29 is 14.3 Å². The van der Waals surface area contributed by atoms with Crippen molar-refractivity contribution in [2.24, 2.45) is 0 Å². The van der Waals surface area contributed by atoms with Crippen LogP contribution in [-0.2, 0) is 20.7 Å². The van der Waals surface area contributed by atoms with Crippen LogP contribution in [0.3, 0.4) is 0 Å². The molecule has 1 spiro atoms. The second-order valence-electron chi connectivity index (χ2n) is 7.41. The highest BCUT2D eigenvalue weighted by molar-refractivity contribution is 6.00. The van der Waals surface area contributed by atoms with Crippen LogP contribution < -0.4 is 4.90 Å². The zero-order valence-corrected chi connectivity index (χ0v) is 15.9. The Labute approximate surface area is 165 Å². The molecule has 1 unspecified atom stereocenters. The predicted molar refractivity (Wildman–Crippen MR) is 106 cm³/mol. The molecule has 4 rings (SSSR count). The Morgan fingerprint density at radius 1 is 1.07 bits per heavy atom. The Kier molecular flexibility index (Phi) is 5.39. The topological polar surface area (TPSA) is 62.7 Å². The number of hydrogen-bond donors (Lipinski definition) is 0. The van der Waals surface area contributed by atoms with Crippen LogP contribution >= 0.6 is 0 Å². The molecule has 2 aliphatic rings. The molecule has 1 aromatic heterocycles. The third kappa shape index (κ3) is 3.78. The molecular weight excluding hydrogens is 354 g/mol. The fourth-order valence-electron chi connectivity index (χ4n) is 4.04. The summed E-state index contributed by atoms with van der Waals surface area (Å²) in [6, 6.07) is 15.3. The van der Waals surface area contributed by atoms with Crippen molar-refractivity contribution >= 4 is 17.5 Å². The number of pyridine rings is 1. The van der Waals surface area contributed by atoms with E-state index in [4.69, 9.17) is 4.74 Å². The molecule has 1 aromatic carbocycles. The molecule has 28 heavy (non-hydrogen) atoms. The number of amides is 2. The number of nitrogens with zero attached hydrogens (tertiary/aromatic N) is 3. The highest BCUT2D eigenvalue weighted by atomic mass is 16.5. The van der Waals surface area contributed by atoms with E-state index in [1.54, 1.807) is 11.1 Å². The SMILES string of the molecule is O=C(Cc1ccccn1)N1CCOC2(CCCCN(c3ccccc3)C2=O)C1. The maximum atomic E-state index is 13.5. The van der Waals surface area contributed by atoms with Gasteiger partial charge in [0, 0.05) is 30.7 Å². The number of benzene rings is 1. The normalized spacial score (nSPS) is 22.9. The van der Waals surface area contributed by atoms with Crippen LogP contribution in [0, 0.1) is 0 Å². The minimum atomic E-state index is -0.954. The lowest BCUT2D eigenvalue weighted by molar-refractivity contribution is -0.164. The van der Waals surface area contributed by atoms with E-state index in [0.717, 1.165) is 24.2 Å². The number of morpholine rings is 1. The summed E-state index contributed by atoms with van der Waals surface area (Å²) in [6.45, 7) is 1.87. The average molecular weight is 379 g/mol. The zero-order chi connectivity index (χ0) is 19.4. The zero-order valence-electron chi connectivity index (χ0n) is 15.9. The number of para-hydroxylation sites is 1. The number of ether oxygens (including phenoxy) is 1. The standard InChI is InChI=1S/C22H25N3O3/c26-20(16-18-8-4-6-12-23-18)24-14-15-28-22(17-24)11-5-7-13-25(21(22)27)19-9-2-1-3-10-19/h1-4,6,8-10,12H,5,7,11,13-17H2. The molecule has 0 N–H and O–H groups in total. The molecule has 146 valence electrons. The van der Waals surface area contributed by atoms with Crippen LogP contribution in [0.2, 0.25) is 0 Å². The lowest BCUT2D eigenvalue weighted by Gasteiger charge is -2.42. The van der Waals surface area contributed by atoms with Gasteiger partial charge in [-0.05, 0) is 43.5 Å². The van der Waals surface area contributed by atoms with E-state index in [-0.39, 0.29) is 18.2 Å².